The molecule has 0 atom stereocenters. The van der Waals surface area contributed by atoms with Crippen molar-refractivity contribution in [2.24, 2.45) is 0 Å². The topological polar surface area (TPSA) is 56.8 Å². The summed E-state index contributed by atoms with van der Waals surface area (Å²) in [7, 11) is 0. The molecule has 2 aromatic heterocycles. The van der Waals surface area contributed by atoms with E-state index in [4.69, 9.17) is 0 Å². The summed E-state index contributed by atoms with van der Waals surface area (Å²) in [4.78, 5) is 14.4. The Labute approximate surface area is 148 Å². The van der Waals surface area contributed by atoms with Gasteiger partial charge in [-0.15, -0.1) is 0 Å². The van der Waals surface area contributed by atoms with E-state index in [1.165, 1.54) is 6.07 Å². The van der Waals surface area contributed by atoms with Crippen LogP contribution in [0.2, 0.25) is 0 Å². The van der Waals surface area contributed by atoms with Crippen molar-refractivity contribution in [2.45, 2.75) is 25.9 Å². The number of nitrogens with zero attached hydrogens (tertiary/aromatic N) is 3. The van der Waals surface area contributed by atoms with E-state index < -0.39 is 11.7 Å². The number of alkyl halides is 3. The predicted octanol–water partition coefficient (Wildman–Crippen LogP) is 4.63. The van der Waals surface area contributed by atoms with E-state index in [0.29, 0.717) is 23.1 Å². The van der Waals surface area contributed by atoms with Crippen molar-refractivity contribution in [3.05, 3.63) is 41.6 Å². The van der Waals surface area contributed by atoms with Gasteiger partial charge in [-0.3, -0.25) is 0 Å². The smallest absolute Gasteiger partial charge is 0.343 e. The lowest BCUT2D eigenvalue weighted by Gasteiger charge is -2.17. The van der Waals surface area contributed by atoms with Crippen molar-refractivity contribution in [1.82, 2.24) is 15.0 Å². The van der Waals surface area contributed by atoms with E-state index in [1.807, 2.05) is 13.0 Å². The molecule has 0 bridgehead atoms. The maximum absolute atomic E-state index is 13.0. The molecule has 0 radical (unpaired) electrons. The third-order valence-electron chi connectivity index (χ3n) is 4.45. The summed E-state index contributed by atoms with van der Waals surface area (Å²) >= 11 is 0. The molecule has 1 aliphatic rings. The number of hydrogen-bond donors (Lipinski definition) is 2. The number of anilines is 3. The Balaban J connectivity index is 1.75. The van der Waals surface area contributed by atoms with Gasteiger partial charge in [0, 0.05) is 24.5 Å². The van der Waals surface area contributed by atoms with Crippen LogP contribution in [0.15, 0.2) is 30.3 Å². The molecule has 1 aliphatic heterocycles. The minimum absolute atomic E-state index is 0.339. The highest BCUT2D eigenvalue weighted by Gasteiger charge is 2.30. The van der Waals surface area contributed by atoms with E-state index in [-0.39, 0.29) is 0 Å². The number of H-pyrrole nitrogens is 1. The fourth-order valence-electron chi connectivity index (χ4n) is 3.19. The maximum atomic E-state index is 13.0. The molecule has 3 heterocycles. The van der Waals surface area contributed by atoms with Crippen LogP contribution in [-0.4, -0.2) is 28.0 Å². The Bertz CT molecular complexity index is 942. The Morgan fingerprint density at radius 1 is 1.12 bits per heavy atom. The molecule has 0 unspecified atom stereocenters. The lowest BCUT2D eigenvalue weighted by molar-refractivity contribution is -0.137. The lowest BCUT2D eigenvalue weighted by Crippen LogP contribution is -2.20. The fraction of sp³-hybridized carbons (Fsp3) is 0.333. The summed E-state index contributed by atoms with van der Waals surface area (Å²) in [6.45, 7) is 3.67. The second-order valence-electron chi connectivity index (χ2n) is 6.48. The molecule has 0 aliphatic carbocycles. The summed E-state index contributed by atoms with van der Waals surface area (Å²) in [5, 5.41) is 3.79. The first-order valence-corrected chi connectivity index (χ1v) is 8.47. The average molecular weight is 361 g/mol. The van der Waals surface area contributed by atoms with E-state index in [9.17, 15) is 13.2 Å². The van der Waals surface area contributed by atoms with Gasteiger partial charge in [-0.25, -0.2) is 0 Å². The number of aromatic nitrogens is 3. The van der Waals surface area contributed by atoms with Crippen LogP contribution in [-0.2, 0) is 6.18 Å². The van der Waals surface area contributed by atoms with Crippen LogP contribution in [0.5, 0.6) is 0 Å². The highest BCUT2D eigenvalue weighted by atomic mass is 19.4. The van der Waals surface area contributed by atoms with Gasteiger partial charge in [0.2, 0.25) is 5.95 Å². The van der Waals surface area contributed by atoms with Crippen LogP contribution in [0.4, 0.5) is 30.6 Å². The fourth-order valence-corrected chi connectivity index (χ4v) is 3.19. The molecule has 0 saturated carbocycles. The van der Waals surface area contributed by atoms with Gasteiger partial charge >= 0.3 is 6.18 Å². The molecule has 3 aromatic rings. The van der Waals surface area contributed by atoms with Crippen LogP contribution in [0.3, 0.4) is 0 Å². The van der Waals surface area contributed by atoms with E-state index in [2.05, 4.69) is 25.2 Å². The first-order valence-electron chi connectivity index (χ1n) is 8.47. The van der Waals surface area contributed by atoms with Gasteiger partial charge in [0.15, 0.2) is 0 Å². The van der Waals surface area contributed by atoms with E-state index in [0.717, 1.165) is 49.1 Å². The zero-order chi connectivity index (χ0) is 18.3. The van der Waals surface area contributed by atoms with Crippen LogP contribution in [0, 0.1) is 6.92 Å². The second-order valence-corrected chi connectivity index (χ2v) is 6.48. The minimum atomic E-state index is -4.38. The third kappa shape index (κ3) is 3.18. The summed E-state index contributed by atoms with van der Waals surface area (Å²) in [6.07, 6.45) is -2.22. The molecular weight excluding hydrogens is 343 g/mol. The highest BCUT2D eigenvalue weighted by molar-refractivity contribution is 5.90. The van der Waals surface area contributed by atoms with Crippen molar-refractivity contribution in [1.29, 1.82) is 0 Å². The average Bonchev–Trinajstić information content (AvgIpc) is 3.23. The number of aromatic amines is 1. The van der Waals surface area contributed by atoms with Crippen molar-refractivity contribution in [2.75, 3.05) is 23.3 Å². The van der Waals surface area contributed by atoms with Crippen LogP contribution in [0.1, 0.15) is 24.1 Å². The van der Waals surface area contributed by atoms with Crippen LogP contribution in [0.25, 0.3) is 11.0 Å². The molecule has 5 nitrogen and oxygen atoms in total. The van der Waals surface area contributed by atoms with Crippen molar-refractivity contribution < 1.29 is 13.2 Å². The zero-order valence-electron chi connectivity index (χ0n) is 14.2. The summed E-state index contributed by atoms with van der Waals surface area (Å²) in [5.41, 5.74) is 1.23. The van der Waals surface area contributed by atoms with Crippen molar-refractivity contribution in [3.63, 3.8) is 0 Å². The molecule has 1 fully saturated rings. The van der Waals surface area contributed by atoms with Crippen LogP contribution >= 0.6 is 0 Å². The normalized spacial score (nSPS) is 15.0. The molecule has 26 heavy (non-hydrogen) atoms. The molecule has 0 spiro atoms. The Hall–Kier alpha value is -2.77. The van der Waals surface area contributed by atoms with Gasteiger partial charge in [0.1, 0.15) is 11.5 Å². The van der Waals surface area contributed by atoms with Crippen molar-refractivity contribution in [3.8, 4) is 0 Å². The van der Waals surface area contributed by atoms with E-state index in [1.54, 1.807) is 6.07 Å². The Morgan fingerprint density at radius 3 is 2.62 bits per heavy atom. The standard InChI is InChI=1S/C18H18F3N5/c1-11-9-14-15(22-11)24-17(26-7-2-3-8-26)25-16(14)23-13-6-4-5-12(10-13)18(19,20)21/h4-6,9-10H,2-3,7-8H2,1H3,(H2,22,23,24,25). The Kier molecular flexibility index (Phi) is 3.97. The van der Waals surface area contributed by atoms with Gasteiger partial charge in [-0.1, -0.05) is 6.07 Å². The van der Waals surface area contributed by atoms with Gasteiger partial charge < -0.3 is 15.2 Å². The van der Waals surface area contributed by atoms with Gasteiger partial charge in [0.25, 0.3) is 0 Å². The predicted molar refractivity (Wildman–Crippen MR) is 94.8 cm³/mol. The lowest BCUT2D eigenvalue weighted by atomic mass is 10.2. The number of benzene rings is 1. The summed E-state index contributed by atoms with van der Waals surface area (Å²) < 4.78 is 38.9. The largest absolute Gasteiger partial charge is 0.416 e. The summed E-state index contributed by atoms with van der Waals surface area (Å²) in [6, 6.07) is 7.00. The number of halogens is 3. The van der Waals surface area contributed by atoms with Crippen LogP contribution < -0.4 is 10.2 Å². The van der Waals surface area contributed by atoms with Gasteiger partial charge in [-0.05, 0) is 44.0 Å². The molecule has 4 rings (SSSR count). The zero-order valence-corrected chi connectivity index (χ0v) is 14.2. The SMILES string of the molecule is Cc1cc2c(Nc3cccc(C(F)(F)F)c3)nc(N3CCCC3)nc2[nH]1. The number of aryl methyl sites for hydroxylation is 1. The Morgan fingerprint density at radius 2 is 1.88 bits per heavy atom. The molecule has 2 N–H and O–H groups in total. The number of nitrogens with one attached hydrogen (secondary N) is 2. The van der Waals surface area contributed by atoms with Gasteiger partial charge in [-0.2, -0.15) is 23.1 Å². The number of hydrogen-bond acceptors (Lipinski definition) is 4. The summed E-state index contributed by atoms with van der Waals surface area (Å²) in [5.74, 6) is 1.09. The second kappa shape index (κ2) is 6.19. The maximum Gasteiger partial charge on any atom is 0.416 e. The molecule has 8 heteroatoms. The monoisotopic (exact) mass is 361 g/mol. The number of fused-ring (bicyclic) bond motifs is 1. The molecular formula is C18H18F3N5. The number of rotatable bonds is 3. The molecule has 136 valence electrons. The van der Waals surface area contributed by atoms with E-state index >= 15 is 0 Å². The molecule has 1 saturated heterocycles. The first kappa shape index (κ1) is 16.7. The first-order chi connectivity index (χ1) is 12.4. The van der Waals surface area contributed by atoms with Gasteiger partial charge in [0.05, 0.1) is 10.9 Å². The molecule has 0 amide bonds. The quantitative estimate of drug-likeness (QED) is 0.714. The molecule has 1 aromatic carbocycles. The highest BCUT2D eigenvalue weighted by Crippen LogP contribution is 2.33. The van der Waals surface area contributed by atoms with Crippen molar-refractivity contribution >= 4 is 28.5 Å². The minimum Gasteiger partial charge on any atom is -0.343 e. The third-order valence-corrected chi connectivity index (χ3v) is 4.45.